The van der Waals surface area contributed by atoms with E-state index < -0.39 is 23.6 Å². The van der Waals surface area contributed by atoms with Gasteiger partial charge in [-0.1, -0.05) is 29.8 Å². The van der Waals surface area contributed by atoms with Gasteiger partial charge in [0.25, 0.3) is 0 Å². The van der Waals surface area contributed by atoms with Gasteiger partial charge in [0.1, 0.15) is 11.6 Å². The van der Waals surface area contributed by atoms with Crippen molar-refractivity contribution in [2.75, 3.05) is 27.9 Å². The van der Waals surface area contributed by atoms with Crippen molar-refractivity contribution in [3.63, 3.8) is 0 Å². The molecule has 0 fully saturated rings. The minimum absolute atomic E-state index is 0.0575. The van der Waals surface area contributed by atoms with Gasteiger partial charge >= 0.3 is 5.97 Å². The van der Waals surface area contributed by atoms with Gasteiger partial charge in [-0.15, -0.1) is 0 Å². The van der Waals surface area contributed by atoms with Gasteiger partial charge < -0.3 is 14.2 Å². The van der Waals surface area contributed by atoms with Crippen LogP contribution in [0.4, 0.5) is 4.39 Å². The maximum absolute atomic E-state index is 13.7. The summed E-state index contributed by atoms with van der Waals surface area (Å²) in [5.74, 6) is -2.14. The Morgan fingerprint density at radius 1 is 1.22 bits per heavy atom. The summed E-state index contributed by atoms with van der Waals surface area (Å²) >= 11 is 6.37. The van der Waals surface area contributed by atoms with Crippen LogP contribution in [0.25, 0.3) is 4.85 Å². The largest absolute Gasteiger partial charge is 0.497 e. The Bertz CT molecular complexity index is 1120. The minimum atomic E-state index is -0.930. The smallest absolute Gasteiger partial charge is 0.314 e. The minimum Gasteiger partial charge on any atom is -0.497 e. The Hall–Kier alpha value is -3.21. The highest BCUT2D eigenvalue weighted by molar-refractivity contribution is 6.31. The average molecular weight is 457 g/mol. The summed E-state index contributed by atoms with van der Waals surface area (Å²) in [6.07, 6.45) is 0.325. The van der Waals surface area contributed by atoms with E-state index in [1.807, 2.05) is 24.3 Å². The molecule has 8 heteroatoms. The highest BCUT2D eigenvalue weighted by Gasteiger charge is 2.42. The number of carbonyl (C=O) groups excluding carboxylic acids is 1. The topological polar surface area (TPSA) is 61.5 Å². The van der Waals surface area contributed by atoms with E-state index in [9.17, 15) is 9.18 Å². The van der Waals surface area contributed by atoms with Crippen molar-refractivity contribution in [1.82, 2.24) is 0 Å². The monoisotopic (exact) mass is 456 g/mol. The van der Waals surface area contributed by atoms with Crippen molar-refractivity contribution in [3.05, 3.63) is 87.2 Å². The zero-order valence-corrected chi connectivity index (χ0v) is 18.6. The second-order valence-electron chi connectivity index (χ2n) is 7.15. The molecule has 0 bridgehead atoms. The molecule has 0 saturated heterocycles. The third kappa shape index (κ3) is 4.82. The summed E-state index contributed by atoms with van der Waals surface area (Å²) in [5.41, 5.74) is 2.46. The van der Waals surface area contributed by atoms with Crippen LogP contribution in [0.3, 0.4) is 0 Å². The molecule has 2 aromatic carbocycles. The summed E-state index contributed by atoms with van der Waals surface area (Å²) < 4.78 is 29.4. The highest BCUT2D eigenvalue weighted by Crippen LogP contribution is 2.43. The lowest BCUT2D eigenvalue weighted by Gasteiger charge is -2.31. The summed E-state index contributed by atoms with van der Waals surface area (Å²) in [6, 6.07) is 11.3. The molecule has 0 aromatic heterocycles. The van der Waals surface area contributed by atoms with E-state index >= 15 is 0 Å². The van der Waals surface area contributed by atoms with Gasteiger partial charge in [-0.2, -0.15) is 0 Å². The van der Waals surface area contributed by atoms with Gasteiger partial charge in [0.2, 0.25) is 0 Å². The Morgan fingerprint density at radius 2 is 2.00 bits per heavy atom. The molecule has 2 atom stereocenters. The van der Waals surface area contributed by atoms with E-state index in [-0.39, 0.29) is 17.3 Å². The first-order chi connectivity index (χ1) is 15.4. The van der Waals surface area contributed by atoms with Crippen LogP contribution in [0.2, 0.25) is 5.02 Å². The van der Waals surface area contributed by atoms with Crippen LogP contribution < -0.4 is 4.74 Å². The van der Waals surface area contributed by atoms with Gasteiger partial charge in [-0.25, -0.2) is 9.24 Å². The Morgan fingerprint density at radius 3 is 2.62 bits per heavy atom. The second kappa shape index (κ2) is 10.4. The predicted molar refractivity (Wildman–Crippen MR) is 119 cm³/mol. The third-order valence-electron chi connectivity index (χ3n) is 5.23. The molecular weight excluding hydrogens is 435 g/mol. The summed E-state index contributed by atoms with van der Waals surface area (Å²) in [7, 11) is 4.33. The Labute approximate surface area is 191 Å². The van der Waals surface area contributed by atoms with Crippen molar-refractivity contribution in [2.24, 2.45) is 10.9 Å². The Kier molecular flexibility index (Phi) is 7.62. The predicted octanol–water partition coefficient (Wildman–Crippen LogP) is 4.84. The number of allylic oxidation sites excluding steroid dienone is 2. The van der Waals surface area contributed by atoms with E-state index in [0.29, 0.717) is 29.1 Å². The second-order valence-corrected chi connectivity index (χ2v) is 7.56. The van der Waals surface area contributed by atoms with Crippen LogP contribution in [-0.4, -0.2) is 39.6 Å². The molecule has 3 rings (SSSR count). The van der Waals surface area contributed by atoms with Crippen LogP contribution in [0, 0.1) is 18.3 Å². The van der Waals surface area contributed by atoms with E-state index in [2.05, 4.69) is 9.84 Å². The molecule has 32 heavy (non-hydrogen) atoms. The zero-order chi connectivity index (χ0) is 23.3. The molecule has 1 aliphatic rings. The molecule has 0 amide bonds. The molecule has 1 aliphatic heterocycles. The van der Waals surface area contributed by atoms with Gasteiger partial charge in [0, 0.05) is 30.2 Å². The van der Waals surface area contributed by atoms with Gasteiger partial charge in [0.15, 0.2) is 5.70 Å². The average Bonchev–Trinajstić information content (AvgIpc) is 2.78. The lowest BCUT2D eigenvalue weighted by Crippen LogP contribution is -2.37. The first-order valence-corrected chi connectivity index (χ1v) is 10.1. The van der Waals surface area contributed by atoms with Crippen molar-refractivity contribution < 1.29 is 23.4 Å². The lowest BCUT2D eigenvalue weighted by atomic mass is 9.77. The molecular formula is C24H22ClFN2O4. The van der Waals surface area contributed by atoms with Crippen LogP contribution in [0.15, 0.2) is 58.9 Å². The Balaban J connectivity index is 2.21. The molecule has 2 unspecified atom stereocenters. The number of nitrogens with zero attached hydrogens (tertiary/aromatic N) is 2. The third-order valence-corrected chi connectivity index (χ3v) is 5.56. The van der Waals surface area contributed by atoms with E-state index in [0.717, 1.165) is 11.6 Å². The first kappa shape index (κ1) is 23.5. The standard InChI is InChI=1S/C24H22ClFN2O4/c1-27-23-19(11-14-6-5-7-16(10-14)31-3)28-20(13-30-2)22(24(29)32-4)21(23)17-9-8-15(26)12-18(17)25/h5-10,12,21-22H,11,13H2,2-4H3. The first-order valence-electron chi connectivity index (χ1n) is 9.76. The molecule has 0 N–H and O–H groups in total. The number of carbonyl (C=O) groups is 1. The van der Waals surface area contributed by atoms with Crippen LogP contribution in [0.5, 0.6) is 5.75 Å². The SMILES string of the molecule is [C-]#[N+]C1=C(Cc2cccc(OC)c2)N=C(COC)C(C(=O)OC)C1c1ccc(F)cc1Cl. The van der Waals surface area contributed by atoms with Gasteiger partial charge in [-0.3, -0.25) is 9.79 Å². The van der Waals surface area contributed by atoms with Gasteiger partial charge in [0.05, 0.1) is 39.0 Å². The fraction of sp³-hybridized carbons (Fsp3) is 0.292. The molecule has 0 radical (unpaired) electrons. The van der Waals surface area contributed by atoms with E-state index in [1.54, 1.807) is 7.11 Å². The number of aliphatic imine (C=N–C) groups is 1. The summed E-state index contributed by atoms with van der Waals surface area (Å²) in [6.45, 7) is 7.95. The molecule has 166 valence electrons. The van der Waals surface area contributed by atoms with Crippen LogP contribution >= 0.6 is 11.6 Å². The van der Waals surface area contributed by atoms with E-state index in [4.69, 9.17) is 32.4 Å². The van der Waals surface area contributed by atoms with Crippen molar-refractivity contribution in [3.8, 4) is 5.75 Å². The maximum Gasteiger partial charge on any atom is 0.314 e. The number of rotatable bonds is 7. The van der Waals surface area contributed by atoms with Crippen molar-refractivity contribution in [1.29, 1.82) is 0 Å². The number of benzene rings is 2. The summed E-state index contributed by atoms with van der Waals surface area (Å²) in [5, 5.41) is 0.115. The molecule has 0 saturated carbocycles. The quantitative estimate of drug-likeness (QED) is 0.442. The number of hydrogen-bond donors (Lipinski definition) is 0. The molecule has 0 aliphatic carbocycles. The molecule has 6 nitrogen and oxygen atoms in total. The fourth-order valence-electron chi connectivity index (χ4n) is 3.82. The number of hydrogen-bond acceptors (Lipinski definition) is 5. The van der Waals surface area contributed by atoms with Crippen molar-refractivity contribution in [2.45, 2.75) is 12.3 Å². The summed E-state index contributed by atoms with van der Waals surface area (Å²) in [4.78, 5) is 21.2. The van der Waals surface area contributed by atoms with E-state index in [1.165, 1.54) is 26.4 Å². The zero-order valence-electron chi connectivity index (χ0n) is 17.9. The lowest BCUT2D eigenvalue weighted by molar-refractivity contribution is -0.143. The maximum atomic E-state index is 13.7. The molecule has 2 aromatic rings. The number of methoxy groups -OCH3 is 3. The fourth-order valence-corrected chi connectivity index (χ4v) is 4.10. The number of halogens is 2. The molecule has 1 heterocycles. The van der Waals surface area contributed by atoms with Crippen LogP contribution in [0.1, 0.15) is 17.0 Å². The number of esters is 1. The normalized spacial score (nSPS) is 18.1. The number of ether oxygens (including phenoxy) is 3. The highest BCUT2D eigenvalue weighted by atomic mass is 35.5. The van der Waals surface area contributed by atoms with Crippen molar-refractivity contribution >= 4 is 23.3 Å². The van der Waals surface area contributed by atoms with Gasteiger partial charge in [-0.05, 0) is 35.4 Å². The molecule has 0 spiro atoms. The van der Waals surface area contributed by atoms with Crippen LogP contribution in [-0.2, 0) is 20.7 Å².